The maximum absolute atomic E-state index is 9.20. The molecule has 2 aromatic heterocycles. The number of hydrogen-bond donors (Lipinski definition) is 2. The standard InChI is InChI=1S/C23H19N7/c1-5-16-6-8-18(9-7-16)26-23-28-21(20-22(29-23)30(4)13-25-20)27-19-14(2)10-17(12-24)11-15(19)3/h1,6-11,13H,2-4H3,(H2,26,27,28,29). The topological polar surface area (TPSA) is 91.5 Å². The number of aryl methyl sites for hydroxylation is 3. The number of nitriles is 1. The molecule has 0 spiro atoms. The van der Waals surface area contributed by atoms with E-state index in [1.165, 1.54) is 0 Å². The lowest BCUT2D eigenvalue weighted by Crippen LogP contribution is -2.05. The van der Waals surface area contributed by atoms with Gasteiger partial charge < -0.3 is 15.2 Å². The van der Waals surface area contributed by atoms with Crippen LogP contribution in [0.5, 0.6) is 0 Å². The molecule has 2 aromatic carbocycles. The Bertz CT molecular complexity index is 1310. The molecule has 30 heavy (non-hydrogen) atoms. The smallest absolute Gasteiger partial charge is 0.231 e. The second-order valence-electron chi connectivity index (χ2n) is 6.99. The summed E-state index contributed by atoms with van der Waals surface area (Å²) in [6.45, 7) is 3.92. The van der Waals surface area contributed by atoms with Gasteiger partial charge in [-0.15, -0.1) is 6.42 Å². The van der Waals surface area contributed by atoms with Crippen molar-refractivity contribution >= 4 is 34.3 Å². The van der Waals surface area contributed by atoms with E-state index in [2.05, 4.69) is 37.6 Å². The number of terminal acetylenes is 1. The van der Waals surface area contributed by atoms with Crippen LogP contribution in [0.2, 0.25) is 0 Å². The molecular formula is C23H19N7. The van der Waals surface area contributed by atoms with Crippen molar-refractivity contribution in [3.05, 3.63) is 65.0 Å². The van der Waals surface area contributed by atoms with Gasteiger partial charge in [-0.1, -0.05) is 5.92 Å². The van der Waals surface area contributed by atoms with Crippen LogP contribution in [0.3, 0.4) is 0 Å². The third-order valence-corrected chi connectivity index (χ3v) is 4.77. The van der Waals surface area contributed by atoms with Gasteiger partial charge in [0.25, 0.3) is 0 Å². The first-order chi connectivity index (χ1) is 14.5. The summed E-state index contributed by atoms with van der Waals surface area (Å²) in [6.07, 6.45) is 7.13. The average molecular weight is 393 g/mol. The Hall–Kier alpha value is -4.36. The summed E-state index contributed by atoms with van der Waals surface area (Å²) in [7, 11) is 1.88. The van der Waals surface area contributed by atoms with Gasteiger partial charge in [-0.2, -0.15) is 15.2 Å². The van der Waals surface area contributed by atoms with Crippen LogP contribution >= 0.6 is 0 Å². The van der Waals surface area contributed by atoms with Crippen LogP contribution in [0.4, 0.5) is 23.1 Å². The van der Waals surface area contributed by atoms with Crippen molar-refractivity contribution in [2.75, 3.05) is 10.6 Å². The van der Waals surface area contributed by atoms with E-state index in [0.717, 1.165) is 28.1 Å². The molecule has 0 unspecified atom stereocenters. The molecule has 2 N–H and O–H groups in total. The van der Waals surface area contributed by atoms with Gasteiger partial charge in [0, 0.05) is 24.0 Å². The molecular weight excluding hydrogens is 374 g/mol. The van der Waals surface area contributed by atoms with Gasteiger partial charge in [-0.3, -0.25) is 0 Å². The summed E-state index contributed by atoms with van der Waals surface area (Å²) >= 11 is 0. The van der Waals surface area contributed by atoms with Crippen molar-refractivity contribution in [2.45, 2.75) is 13.8 Å². The van der Waals surface area contributed by atoms with Gasteiger partial charge in [-0.25, -0.2) is 4.98 Å². The Balaban J connectivity index is 1.76. The molecule has 0 bridgehead atoms. The van der Waals surface area contributed by atoms with Crippen molar-refractivity contribution < 1.29 is 0 Å². The highest BCUT2D eigenvalue weighted by atomic mass is 15.2. The minimum atomic E-state index is 0.436. The Morgan fingerprint density at radius 1 is 1.00 bits per heavy atom. The molecule has 0 fully saturated rings. The van der Waals surface area contributed by atoms with Crippen molar-refractivity contribution in [3.63, 3.8) is 0 Å². The third kappa shape index (κ3) is 3.52. The van der Waals surface area contributed by atoms with E-state index in [4.69, 9.17) is 6.42 Å². The maximum Gasteiger partial charge on any atom is 0.231 e. The summed E-state index contributed by atoms with van der Waals surface area (Å²) in [5.41, 5.74) is 6.41. The number of fused-ring (bicyclic) bond motifs is 1. The SMILES string of the molecule is C#Cc1ccc(Nc2nc(Nc3c(C)cc(C#N)cc3C)c3ncn(C)c3n2)cc1. The molecule has 7 nitrogen and oxygen atoms in total. The van der Waals surface area contributed by atoms with Crippen molar-refractivity contribution in [1.29, 1.82) is 5.26 Å². The first-order valence-corrected chi connectivity index (χ1v) is 9.29. The molecule has 2 heterocycles. The fourth-order valence-electron chi connectivity index (χ4n) is 3.27. The van der Waals surface area contributed by atoms with Crippen LogP contribution in [0.25, 0.3) is 11.2 Å². The lowest BCUT2D eigenvalue weighted by Gasteiger charge is -2.14. The lowest BCUT2D eigenvalue weighted by atomic mass is 10.0. The Labute approximate surface area is 174 Å². The van der Waals surface area contributed by atoms with E-state index in [9.17, 15) is 5.26 Å². The zero-order valence-electron chi connectivity index (χ0n) is 16.9. The number of anilines is 4. The largest absolute Gasteiger partial charge is 0.338 e. The zero-order valence-corrected chi connectivity index (χ0v) is 16.9. The minimum absolute atomic E-state index is 0.436. The normalized spacial score (nSPS) is 10.4. The summed E-state index contributed by atoms with van der Waals surface area (Å²) in [5.74, 6) is 3.62. The van der Waals surface area contributed by atoms with Gasteiger partial charge in [-0.05, 0) is 61.4 Å². The zero-order chi connectivity index (χ0) is 21.3. The molecule has 4 aromatic rings. The predicted octanol–water partition coefficient (Wildman–Crippen LogP) is 4.32. The minimum Gasteiger partial charge on any atom is -0.338 e. The molecule has 0 aliphatic carbocycles. The number of rotatable bonds is 4. The Morgan fingerprint density at radius 2 is 1.70 bits per heavy atom. The molecule has 0 amide bonds. The maximum atomic E-state index is 9.20. The number of aromatic nitrogens is 4. The highest BCUT2D eigenvalue weighted by molar-refractivity contribution is 5.87. The summed E-state index contributed by atoms with van der Waals surface area (Å²) in [6, 6.07) is 13.4. The van der Waals surface area contributed by atoms with Gasteiger partial charge in [0.05, 0.1) is 18.0 Å². The molecule has 0 aliphatic rings. The van der Waals surface area contributed by atoms with Crippen molar-refractivity contribution in [2.24, 2.45) is 7.05 Å². The fraction of sp³-hybridized carbons (Fsp3) is 0.130. The van der Waals surface area contributed by atoms with Gasteiger partial charge in [0.15, 0.2) is 17.0 Å². The van der Waals surface area contributed by atoms with Crippen LogP contribution in [-0.4, -0.2) is 19.5 Å². The van der Waals surface area contributed by atoms with Gasteiger partial charge >= 0.3 is 0 Å². The van der Waals surface area contributed by atoms with E-state index in [0.29, 0.717) is 28.5 Å². The van der Waals surface area contributed by atoms with E-state index in [1.54, 1.807) is 6.33 Å². The Morgan fingerprint density at radius 3 is 2.33 bits per heavy atom. The third-order valence-electron chi connectivity index (χ3n) is 4.77. The van der Waals surface area contributed by atoms with Crippen molar-refractivity contribution in [1.82, 2.24) is 19.5 Å². The first kappa shape index (κ1) is 19.0. The summed E-state index contributed by atoms with van der Waals surface area (Å²) < 4.78 is 1.84. The average Bonchev–Trinajstić information content (AvgIpc) is 3.12. The van der Waals surface area contributed by atoms with E-state index in [1.807, 2.05) is 61.9 Å². The fourth-order valence-corrected chi connectivity index (χ4v) is 3.27. The summed E-state index contributed by atoms with van der Waals surface area (Å²) in [4.78, 5) is 13.7. The van der Waals surface area contributed by atoms with Gasteiger partial charge in [0.2, 0.25) is 5.95 Å². The van der Waals surface area contributed by atoms with E-state index >= 15 is 0 Å². The second-order valence-corrected chi connectivity index (χ2v) is 6.99. The van der Waals surface area contributed by atoms with Crippen LogP contribution in [-0.2, 0) is 7.05 Å². The van der Waals surface area contributed by atoms with Gasteiger partial charge in [0.1, 0.15) is 0 Å². The van der Waals surface area contributed by atoms with E-state index in [-0.39, 0.29) is 0 Å². The number of nitrogens with zero attached hydrogens (tertiary/aromatic N) is 5. The lowest BCUT2D eigenvalue weighted by molar-refractivity contribution is 0.929. The molecule has 0 aliphatic heterocycles. The number of benzene rings is 2. The first-order valence-electron chi connectivity index (χ1n) is 9.29. The number of imidazole rings is 1. The molecule has 0 atom stereocenters. The second kappa shape index (κ2) is 7.57. The molecule has 4 rings (SSSR count). The highest BCUT2D eigenvalue weighted by Gasteiger charge is 2.15. The quantitative estimate of drug-likeness (QED) is 0.502. The Kier molecular flexibility index (Phi) is 4.79. The van der Waals surface area contributed by atoms with Crippen LogP contribution in [0, 0.1) is 37.5 Å². The van der Waals surface area contributed by atoms with Crippen molar-refractivity contribution in [3.8, 4) is 18.4 Å². The van der Waals surface area contributed by atoms with Crippen LogP contribution in [0.15, 0.2) is 42.7 Å². The highest BCUT2D eigenvalue weighted by Crippen LogP contribution is 2.29. The molecule has 146 valence electrons. The molecule has 7 heteroatoms. The molecule has 0 saturated heterocycles. The monoisotopic (exact) mass is 393 g/mol. The number of nitrogens with one attached hydrogen (secondary N) is 2. The van der Waals surface area contributed by atoms with Crippen LogP contribution < -0.4 is 10.6 Å². The number of hydrogen-bond acceptors (Lipinski definition) is 6. The van der Waals surface area contributed by atoms with Crippen LogP contribution in [0.1, 0.15) is 22.3 Å². The predicted molar refractivity (Wildman–Crippen MR) is 118 cm³/mol. The molecule has 0 radical (unpaired) electrons. The van der Waals surface area contributed by atoms with E-state index < -0.39 is 0 Å². The summed E-state index contributed by atoms with van der Waals surface area (Å²) in [5, 5.41) is 15.8. The molecule has 0 saturated carbocycles.